The van der Waals surface area contributed by atoms with Crippen LogP contribution in [0.4, 0.5) is 0 Å². The molecule has 2 aromatic carbocycles. The van der Waals surface area contributed by atoms with Crippen molar-refractivity contribution < 1.29 is 33.7 Å². The van der Waals surface area contributed by atoms with E-state index in [1.54, 1.807) is 31.4 Å². The van der Waals surface area contributed by atoms with Gasteiger partial charge in [0.25, 0.3) is 5.91 Å². The van der Waals surface area contributed by atoms with Crippen LogP contribution < -0.4 is 9.47 Å². The number of hydrogen-bond acceptors (Lipinski definition) is 7. The third-order valence-electron chi connectivity index (χ3n) is 5.57. The fourth-order valence-corrected chi connectivity index (χ4v) is 3.98. The van der Waals surface area contributed by atoms with Gasteiger partial charge in [0.2, 0.25) is 5.78 Å². The number of methoxy groups -OCH3 is 2. The van der Waals surface area contributed by atoms with Gasteiger partial charge in [0.15, 0.2) is 23.0 Å². The summed E-state index contributed by atoms with van der Waals surface area (Å²) in [5.74, 6) is -0.750. The zero-order valence-electron chi connectivity index (χ0n) is 18.1. The smallest absolute Gasteiger partial charge is 0.290 e. The van der Waals surface area contributed by atoms with Gasteiger partial charge < -0.3 is 29.0 Å². The lowest BCUT2D eigenvalue weighted by molar-refractivity contribution is -0.129. The van der Waals surface area contributed by atoms with Crippen LogP contribution in [0.1, 0.15) is 27.7 Å². The summed E-state index contributed by atoms with van der Waals surface area (Å²) < 4.78 is 15.8. The first kappa shape index (κ1) is 22.0. The Balaban J connectivity index is 1.68. The molecule has 33 heavy (non-hydrogen) atoms. The summed E-state index contributed by atoms with van der Waals surface area (Å²) >= 11 is 0. The number of ketones is 1. The molecule has 2 heterocycles. The number of phenolic OH excluding ortho intramolecular Hbond substituents is 1. The molecule has 1 aromatic heterocycles. The number of carbonyl (C=O) groups is 2. The van der Waals surface area contributed by atoms with Crippen molar-refractivity contribution in [3.8, 4) is 17.2 Å². The maximum absolute atomic E-state index is 13.1. The summed E-state index contributed by atoms with van der Waals surface area (Å²) in [5.41, 5.74) is 1.28. The van der Waals surface area contributed by atoms with Gasteiger partial charge in [-0.1, -0.05) is 18.2 Å². The van der Waals surface area contributed by atoms with E-state index in [2.05, 4.69) is 0 Å². The van der Waals surface area contributed by atoms with Crippen molar-refractivity contribution in [2.24, 2.45) is 0 Å². The molecule has 3 aromatic rings. The predicted octanol–water partition coefficient (Wildman–Crippen LogP) is 3.82. The Bertz CT molecular complexity index is 1210. The maximum atomic E-state index is 13.1. The summed E-state index contributed by atoms with van der Waals surface area (Å²) in [5, 5.41) is 20.7. The minimum Gasteiger partial charge on any atom is -0.508 e. The van der Waals surface area contributed by atoms with Crippen LogP contribution in [0.2, 0.25) is 0 Å². The number of amides is 1. The van der Waals surface area contributed by atoms with Gasteiger partial charge in [-0.2, -0.15) is 0 Å². The molecule has 1 amide bonds. The summed E-state index contributed by atoms with van der Waals surface area (Å²) in [4.78, 5) is 27.6. The number of aliphatic hydroxyl groups excluding tert-OH is 1. The maximum Gasteiger partial charge on any atom is 0.290 e. The number of ether oxygens (including phenoxy) is 2. The fraction of sp³-hybridized carbons (Fsp3) is 0.200. The number of benzene rings is 2. The summed E-state index contributed by atoms with van der Waals surface area (Å²) in [6.07, 6.45) is 1.77. The van der Waals surface area contributed by atoms with Gasteiger partial charge in [-0.3, -0.25) is 9.59 Å². The normalized spacial score (nSPS) is 15.8. The van der Waals surface area contributed by atoms with Gasteiger partial charge in [-0.25, -0.2) is 0 Å². The van der Waals surface area contributed by atoms with Crippen molar-refractivity contribution >= 4 is 11.7 Å². The molecule has 2 N–H and O–H groups in total. The first-order valence-corrected chi connectivity index (χ1v) is 10.3. The van der Waals surface area contributed by atoms with Crippen LogP contribution in [-0.2, 0) is 11.2 Å². The topological polar surface area (TPSA) is 109 Å². The molecule has 1 unspecified atom stereocenters. The van der Waals surface area contributed by atoms with E-state index in [9.17, 15) is 19.8 Å². The Hall–Kier alpha value is -4.20. The molecule has 1 aliphatic heterocycles. The molecule has 0 aliphatic carbocycles. The highest BCUT2D eigenvalue weighted by Crippen LogP contribution is 2.40. The molecule has 1 atom stereocenters. The number of hydrogen-bond donors (Lipinski definition) is 2. The van der Waals surface area contributed by atoms with E-state index in [-0.39, 0.29) is 23.6 Å². The lowest BCUT2D eigenvalue weighted by atomic mass is 9.94. The SMILES string of the molecule is COc1ccc(CCN2C(=O)C(O)=C(C(=O)c3ccco3)C2c2cccc(O)c2)cc1OC. The molecule has 0 saturated carbocycles. The molecular weight excluding hydrogens is 426 g/mol. The number of phenols is 1. The number of furan rings is 1. The van der Waals surface area contributed by atoms with E-state index in [0.29, 0.717) is 23.5 Å². The summed E-state index contributed by atoms with van der Waals surface area (Å²) in [6.45, 7) is 0.202. The highest BCUT2D eigenvalue weighted by Gasteiger charge is 2.44. The van der Waals surface area contributed by atoms with Gasteiger partial charge >= 0.3 is 0 Å². The average molecular weight is 449 g/mol. The number of Topliss-reactive ketones (excluding diaryl/α,β-unsaturated/α-hetero) is 1. The van der Waals surface area contributed by atoms with Crippen LogP contribution in [0.25, 0.3) is 0 Å². The van der Waals surface area contributed by atoms with Crippen molar-refractivity contribution in [2.75, 3.05) is 20.8 Å². The van der Waals surface area contributed by atoms with Crippen LogP contribution in [-0.4, -0.2) is 47.6 Å². The Morgan fingerprint density at radius 3 is 2.48 bits per heavy atom. The van der Waals surface area contributed by atoms with Crippen molar-refractivity contribution in [3.63, 3.8) is 0 Å². The largest absolute Gasteiger partial charge is 0.508 e. The molecule has 8 heteroatoms. The number of rotatable bonds is 8. The second-order valence-corrected chi connectivity index (χ2v) is 7.50. The molecular formula is C25H23NO7. The van der Waals surface area contributed by atoms with Crippen LogP contribution >= 0.6 is 0 Å². The predicted molar refractivity (Wildman–Crippen MR) is 119 cm³/mol. The van der Waals surface area contributed by atoms with Crippen molar-refractivity contribution in [1.29, 1.82) is 0 Å². The zero-order chi connectivity index (χ0) is 23.5. The first-order chi connectivity index (χ1) is 15.9. The third kappa shape index (κ3) is 4.15. The van der Waals surface area contributed by atoms with Crippen LogP contribution in [0, 0.1) is 0 Å². The van der Waals surface area contributed by atoms with E-state index < -0.39 is 23.5 Å². The van der Waals surface area contributed by atoms with Gasteiger partial charge in [-0.15, -0.1) is 0 Å². The molecule has 170 valence electrons. The van der Waals surface area contributed by atoms with Crippen molar-refractivity contribution in [2.45, 2.75) is 12.5 Å². The van der Waals surface area contributed by atoms with Gasteiger partial charge in [0.1, 0.15) is 5.75 Å². The summed E-state index contributed by atoms with van der Waals surface area (Å²) in [6, 6.07) is 13.8. The Labute approximate surface area is 190 Å². The highest BCUT2D eigenvalue weighted by atomic mass is 16.5. The molecule has 8 nitrogen and oxygen atoms in total. The van der Waals surface area contributed by atoms with Crippen molar-refractivity contribution in [3.05, 3.63) is 89.1 Å². The number of aliphatic hydroxyl groups is 1. The molecule has 0 radical (unpaired) electrons. The molecule has 4 rings (SSSR count). The van der Waals surface area contributed by atoms with E-state index >= 15 is 0 Å². The van der Waals surface area contributed by atoms with E-state index in [0.717, 1.165) is 5.56 Å². The Morgan fingerprint density at radius 2 is 1.82 bits per heavy atom. The highest BCUT2D eigenvalue weighted by molar-refractivity contribution is 6.15. The van der Waals surface area contributed by atoms with Gasteiger partial charge in [0, 0.05) is 6.54 Å². The number of carbonyl (C=O) groups excluding carboxylic acids is 2. The average Bonchev–Trinajstić information content (AvgIpc) is 3.45. The van der Waals surface area contributed by atoms with E-state index in [1.807, 2.05) is 12.1 Å². The number of aromatic hydroxyl groups is 1. The molecule has 0 fully saturated rings. The third-order valence-corrected chi connectivity index (χ3v) is 5.57. The summed E-state index contributed by atoms with van der Waals surface area (Å²) in [7, 11) is 3.09. The minimum atomic E-state index is -0.887. The van der Waals surface area contributed by atoms with E-state index in [4.69, 9.17) is 13.9 Å². The van der Waals surface area contributed by atoms with Crippen molar-refractivity contribution in [1.82, 2.24) is 4.90 Å². The molecule has 1 aliphatic rings. The second kappa shape index (κ2) is 9.12. The Morgan fingerprint density at radius 1 is 1.03 bits per heavy atom. The van der Waals surface area contributed by atoms with Crippen LogP contribution in [0.5, 0.6) is 17.2 Å². The first-order valence-electron chi connectivity index (χ1n) is 10.3. The molecule has 0 bridgehead atoms. The fourth-order valence-electron chi connectivity index (χ4n) is 3.98. The quantitative estimate of drug-likeness (QED) is 0.503. The number of nitrogens with zero attached hydrogens (tertiary/aromatic N) is 1. The van der Waals surface area contributed by atoms with Gasteiger partial charge in [-0.05, 0) is 53.9 Å². The zero-order valence-corrected chi connectivity index (χ0v) is 18.1. The minimum absolute atomic E-state index is 0.0104. The van der Waals surface area contributed by atoms with Gasteiger partial charge in [0.05, 0.1) is 32.1 Å². The Kier molecular flexibility index (Phi) is 6.08. The standard InChI is InChI=1S/C25H23NO7/c1-31-18-9-8-15(13-20(18)32-2)10-11-26-22(16-5-3-6-17(27)14-16)21(24(29)25(26)30)23(28)19-7-4-12-33-19/h3-9,12-14,22,27,29H,10-11H2,1-2H3. The lowest BCUT2D eigenvalue weighted by Gasteiger charge is -2.27. The monoisotopic (exact) mass is 449 g/mol. The van der Waals surface area contributed by atoms with Crippen LogP contribution in [0.15, 0.2) is 76.6 Å². The second-order valence-electron chi connectivity index (χ2n) is 7.50. The van der Waals surface area contributed by atoms with E-state index in [1.165, 1.54) is 36.5 Å². The molecule has 0 saturated heterocycles. The molecule has 0 spiro atoms. The lowest BCUT2D eigenvalue weighted by Crippen LogP contribution is -2.33. The van der Waals surface area contributed by atoms with Crippen LogP contribution in [0.3, 0.4) is 0 Å².